The van der Waals surface area contributed by atoms with Crippen molar-refractivity contribution in [1.82, 2.24) is 20.0 Å². The van der Waals surface area contributed by atoms with Gasteiger partial charge < -0.3 is 10.2 Å². The molecule has 0 radical (unpaired) electrons. The summed E-state index contributed by atoms with van der Waals surface area (Å²) < 4.78 is 1.81. The quantitative estimate of drug-likeness (QED) is 0.591. The molecule has 6 nitrogen and oxygen atoms in total. The highest BCUT2D eigenvalue weighted by atomic mass is 16.2. The van der Waals surface area contributed by atoms with Crippen molar-refractivity contribution in [2.24, 2.45) is 0 Å². The molecule has 1 saturated heterocycles. The van der Waals surface area contributed by atoms with Crippen LogP contribution in [0, 0.1) is 6.92 Å². The van der Waals surface area contributed by atoms with Gasteiger partial charge in [0.05, 0.1) is 5.69 Å². The molecule has 0 spiro atoms. The lowest BCUT2D eigenvalue weighted by molar-refractivity contribution is -0.131. The Balaban J connectivity index is 1.35. The monoisotopic (exact) mass is 430 g/mol. The summed E-state index contributed by atoms with van der Waals surface area (Å²) in [4.78, 5) is 26.7. The minimum atomic E-state index is -0.339. The van der Waals surface area contributed by atoms with Crippen molar-refractivity contribution in [3.8, 4) is 5.69 Å². The van der Waals surface area contributed by atoms with Crippen LogP contribution in [0.4, 0.5) is 0 Å². The highest BCUT2D eigenvalue weighted by Crippen LogP contribution is 2.30. The van der Waals surface area contributed by atoms with Crippen LogP contribution in [0.15, 0.2) is 67.0 Å². The SMILES string of the molecule is Cc1ccc(CC2(CCC(=O)N(C)Cc3ccc(-n4cccn4)cc3)CCC(=O)N2)cc1. The number of nitrogens with one attached hydrogen (secondary N) is 1. The summed E-state index contributed by atoms with van der Waals surface area (Å²) in [5.41, 5.74) is 4.13. The van der Waals surface area contributed by atoms with Gasteiger partial charge in [-0.15, -0.1) is 0 Å². The van der Waals surface area contributed by atoms with Crippen LogP contribution in [0.5, 0.6) is 0 Å². The van der Waals surface area contributed by atoms with Crippen LogP contribution in [0.1, 0.15) is 42.4 Å². The molecule has 32 heavy (non-hydrogen) atoms. The van der Waals surface area contributed by atoms with Gasteiger partial charge in [0.2, 0.25) is 11.8 Å². The lowest BCUT2D eigenvalue weighted by Crippen LogP contribution is -2.44. The first-order valence-electron chi connectivity index (χ1n) is 11.1. The van der Waals surface area contributed by atoms with E-state index in [0.29, 0.717) is 25.8 Å². The highest BCUT2D eigenvalue weighted by Gasteiger charge is 2.38. The van der Waals surface area contributed by atoms with Crippen molar-refractivity contribution in [1.29, 1.82) is 0 Å². The van der Waals surface area contributed by atoms with E-state index < -0.39 is 0 Å². The molecule has 0 aliphatic carbocycles. The molecule has 2 aromatic carbocycles. The number of hydrogen-bond donors (Lipinski definition) is 1. The molecule has 1 unspecified atom stereocenters. The van der Waals surface area contributed by atoms with Crippen molar-refractivity contribution >= 4 is 11.8 Å². The van der Waals surface area contributed by atoms with Gasteiger partial charge in [-0.3, -0.25) is 9.59 Å². The average Bonchev–Trinajstić information content (AvgIpc) is 3.45. The van der Waals surface area contributed by atoms with Crippen LogP contribution in [-0.4, -0.2) is 39.1 Å². The lowest BCUT2D eigenvalue weighted by Gasteiger charge is -2.30. The van der Waals surface area contributed by atoms with Crippen molar-refractivity contribution in [2.75, 3.05) is 7.05 Å². The molecule has 166 valence electrons. The second-order valence-electron chi connectivity index (χ2n) is 8.86. The number of carbonyl (C=O) groups is 2. The van der Waals surface area contributed by atoms with E-state index in [2.05, 4.69) is 41.6 Å². The molecule has 4 rings (SSSR count). The van der Waals surface area contributed by atoms with E-state index in [1.807, 2.05) is 48.3 Å². The molecule has 1 aliphatic rings. The summed E-state index contributed by atoms with van der Waals surface area (Å²) in [7, 11) is 1.84. The molecule has 1 aromatic heterocycles. The molecule has 1 N–H and O–H groups in total. The number of benzene rings is 2. The van der Waals surface area contributed by atoms with E-state index in [0.717, 1.165) is 24.1 Å². The largest absolute Gasteiger partial charge is 0.350 e. The number of hydrogen-bond acceptors (Lipinski definition) is 3. The van der Waals surface area contributed by atoms with Gasteiger partial charge in [0, 0.05) is 44.4 Å². The first-order chi connectivity index (χ1) is 15.4. The van der Waals surface area contributed by atoms with Gasteiger partial charge in [-0.1, -0.05) is 42.0 Å². The number of rotatable bonds is 8. The second-order valence-corrected chi connectivity index (χ2v) is 8.86. The number of carbonyl (C=O) groups excluding carboxylic acids is 2. The van der Waals surface area contributed by atoms with E-state index in [1.165, 1.54) is 11.1 Å². The zero-order valence-electron chi connectivity index (χ0n) is 18.8. The fourth-order valence-corrected chi connectivity index (χ4v) is 4.35. The Morgan fingerprint density at radius 3 is 2.47 bits per heavy atom. The first-order valence-corrected chi connectivity index (χ1v) is 11.1. The van der Waals surface area contributed by atoms with Gasteiger partial charge in [0.25, 0.3) is 0 Å². The molecule has 2 amide bonds. The van der Waals surface area contributed by atoms with Gasteiger partial charge in [0.15, 0.2) is 0 Å². The number of aromatic nitrogens is 2. The van der Waals surface area contributed by atoms with Crippen molar-refractivity contribution < 1.29 is 9.59 Å². The standard InChI is InChI=1S/C26H30N4O2/c1-20-4-6-21(7-5-20)18-26(14-12-24(31)28-26)15-13-25(32)29(2)19-22-8-10-23(11-9-22)30-17-3-16-27-30/h3-11,16-17H,12-15,18-19H2,1-2H3,(H,28,31). The van der Waals surface area contributed by atoms with Gasteiger partial charge >= 0.3 is 0 Å². The van der Waals surface area contributed by atoms with E-state index in [1.54, 1.807) is 11.1 Å². The maximum Gasteiger partial charge on any atom is 0.222 e. The van der Waals surface area contributed by atoms with Crippen molar-refractivity contribution in [3.05, 3.63) is 83.7 Å². The molecule has 6 heteroatoms. The highest BCUT2D eigenvalue weighted by molar-refractivity contribution is 5.80. The topological polar surface area (TPSA) is 67.2 Å². The Kier molecular flexibility index (Phi) is 6.40. The fourth-order valence-electron chi connectivity index (χ4n) is 4.35. The van der Waals surface area contributed by atoms with Crippen LogP contribution in [0.25, 0.3) is 5.69 Å². The predicted molar refractivity (Wildman–Crippen MR) is 124 cm³/mol. The van der Waals surface area contributed by atoms with Crippen LogP contribution < -0.4 is 5.32 Å². The normalized spacial score (nSPS) is 17.9. The Morgan fingerprint density at radius 2 is 1.84 bits per heavy atom. The van der Waals surface area contributed by atoms with Gasteiger partial charge in [-0.2, -0.15) is 5.10 Å². The lowest BCUT2D eigenvalue weighted by atomic mass is 9.84. The summed E-state index contributed by atoms with van der Waals surface area (Å²) in [6.07, 6.45) is 6.76. The van der Waals surface area contributed by atoms with Gasteiger partial charge in [-0.25, -0.2) is 4.68 Å². The molecule has 1 fully saturated rings. The molecule has 0 saturated carbocycles. The number of aryl methyl sites for hydroxylation is 1. The van der Waals surface area contributed by atoms with Crippen molar-refractivity contribution in [3.63, 3.8) is 0 Å². The third-order valence-corrected chi connectivity index (χ3v) is 6.27. The van der Waals surface area contributed by atoms with E-state index in [-0.39, 0.29) is 17.4 Å². The van der Waals surface area contributed by atoms with Crippen LogP contribution in [0.3, 0.4) is 0 Å². The number of amides is 2. The zero-order valence-corrected chi connectivity index (χ0v) is 18.8. The third kappa shape index (κ3) is 5.25. The zero-order chi connectivity index (χ0) is 22.6. The summed E-state index contributed by atoms with van der Waals surface area (Å²) in [6.45, 7) is 2.62. The summed E-state index contributed by atoms with van der Waals surface area (Å²) in [5, 5.41) is 7.41. The summed E-state index contributed by atoms with van der Waals surface area (Å²) >= 11 is 0. The Hall–Kier alpha value is -3.41. The molecular formula is C26H30N4O2. The summed E-state index contributed by atoms with van der Waals surface area (Å²) in [5.74, 6) is 0.167. The molecule has 3 aromatic rings. The molecule has 2 heterocycles. The van der Waals surface area contributed by atoms with Crippen LogP contribution in [-0.2, 0) is 22.6 Å². The molecular weight excluding hydrogens is 400 g/mol. The second kappa shape index (κ2) is 9.39. The molecule has 0 bridgehead atoms. The Morgan fingerprint density at radius 1 is 1.12 bits per heavy atom. The number of nitrogens with zero attached hydrogens (tertiary/aromatic N) is 3. The molecule has 1 aliphatic heterocycles. The smallest absolute Gasteiger partial charge is 0.222 e. The Labute approximate surface area is 189 Å². The summed E-state index contributed by atoms with van der Waals surface area (Å²) in [6, 6.07) is 18.4. The van der Waals surface area contributed by atoms with Crippen molar-refractivity contribution in [2.45, 2.75) is 51.1 Å². The van der Waals surface area contributed by atoms with Crippen LogP contribution >= 0.6 is 0 Å². The first kappa shape index (κ1) is 21.8. The Bertz CT molecular complexity index is 1060. The predicted octanol–water partition coefficient (Wildman–Crippen LogP) is 3.81. The van der Waals surface area contributed by atoms with E-state index in [4.69, 9.17) is 0 Å². The average molecular weight is 431 g/mol. The fraction of sp³-hybridized carbons (Fsp3) is 0.346. The van der Waals surface area contributed by atoms with Gasteiger partial charge in [0.1, 0.15) is 0 Å². The molecule has 1 atom stereocenters. The van der Waals surface area contributed by atoms with Gasteiger partial charge in [-0.05, 0) is 55.5 Å². The minimum Gasteiger partial charge on any atom is -0.350 e. The van der Waals surface area contributed by atoms with E-state index >= 15 is 0 Å². The third-order valence-electron chi connectivity index (χ3n) is 6.27. The van der Waals surface area contributed by atoms with E-state index in [9.17, 15) is 9.59 Å². The maximum absolute atomic E-state index is 12.9. The van der Waals surface area contributed by atoms with Crippen LogP contribution in [0.2, 0.25) is 0 Å². The maximum atomic E-state index is 12.9. The minimum absolute atomic E-state index is 0.0789.